The number of para-hydroxylation sites is 1. The highest BCUT2D eigenvalue weighted by atomic mass is 19.1. The number of piperazine rings is 1. The zero-order valence-electron chi connectivity index (χ0n) is 17.0. The summed E-state index contributed by atoms with van der Waals surface area (Å²) in [7, 11) is 0. The summed E-state index contributed by atoms with van der Waals surface area (Å²) in [5.41, 5.74) is 2.69. The predicted molar refractivity (Wildman–Crippen MR) is 113 cm³/mol. The van der Waals surface area contributed by atoms with Crippen LogP contribution in [0.1, 0.15) is 30.0 Å². The predicted octanol–water partition coefficient (Wildman–Crippen LogP) is 3.01. The van der Waals surface area contributed by atoms with Gasteiger partial charge in [0.1, 0.15) is 11.9 Å². The molecule has 3 aliphatic rings. The molecule has 2 aliphatic heterocycles. The van der Waals surface area contributed by atoms with E-state index in [0.717, 1.165) is 30.4 Å². The third-order valence-electron chi connectivity index (χ3n) is 6.51. The Hall–Kier alpha value is -2.89. The molecule has 5 nitrogen and oxygen atoms in total. The van der Waals surface area contributed by atoms with E-state index in [9.17, 15) is 14.0 Å². The number of benzene rings is 2. The van der Waals surface area contributed by atoms with Crippen LogP contribution in [0.15, 0.2) is 48.5 Å². The third-order valence-corrected chi connectivity index (χ3v) is 6.51. The average Bonchev–Trinajstić information content (AvgIpc) is 3.63. The molecule has 6 heteroatoms. The molecule has 0 spiro atoms. The number of nitrogens with zero attached hydrogens (tertiary/aromatic N) is 3. The number of amides is 2. The van der Waals surface area contributed by atoms with Crippen molar-refractivity contribution in [3.63, 3.8) is 0 Å². The van der Waals surface area contributed by atoms with E-state index in [1.54, 1.807) is 12.1 Å². The molecular weight excluding hydrogens is 381 g/mol. The van der Waals surface area contributed by atoms with Crippen molar-refractivity contribution in [2.24, 2.45) is 5.92 Å². The van der Waals surface area contributed by atoms with Gasteiger partial charge in [0.15, 0.2) is 0 Å². The van der Waals surface area contributed by atoms with Crippen LogP contribution in [0.25, 0.3) is 0 Å². The first kappa shape index (κ1) is 19.1. The second kappa shape index (κ2) is 7.74. The molecule has 1 aliphatic carbocycles. The summed E-state index contributed by atoms with van der Waals surface area (Å²) >= 11 is 0. The molecule has 2 aromatic carbocycles. The maximum atomic E-state index is 14.1. The van der Waals surface area contributed by atoms with E-state index in [2.05, 4.69) is 6.07 Å². The fourth-order valence-electron chi connectivity index (χ4n) is 4.68. The van der Waals surface area contributed by atoms with Crippen LogP contribution in [0, 0.1) is 11.7 Å². The van der Waals surface area contributed by atoms with Gasteiger partial charge in [0.05, 0.1) is 5.69 Å². The zero-order chi connectivity index (χ0) is 20.7. The molecule has 0 radical (unpaired) electrons. The number of halogens is 1. The maximum absolute atomic E-state index is 14.1. The van der Waals surface area contributed by atoms with Crippen LogP contribution >= 0.6 is 0 Å². The average molecular weight is 407 g/mol. The van der Waals surface area contributed by atoms with Gasteiger partial charge in [-0.25, -0.2) is 4.39 Å². The molecule has 2 heterocycles. The Balaban J connectivity index is 1.36. The lowest BCUT2D eigenvalue weighted by Gasteiger charge is -2.42. The summed E-state index contributed by atoms with van der Waals surface area (Å²) in [4.78, 5) is 32.2. The lowest BCUT2D eigenvalue weighted by Crippen LogP contribution is -2.54. The van der Waals surface area contributed by atoms with Gasteiger partial charge in [-0.05, 0) is 42.5 Å². The molecule has 1 saturated carbocycles. The topological polar surface area (TPSA) is 43.9 Å². The van der Waals surface area contributed by atoms with E-state index in [0.29, 0.717) is 38.4 Å². The normalized spacial score (nSPS) is 21.4. The Morgan fingerprint density at radius 1 is 0.833 bits per heavy atom. The number of fused-ring (bicyclic) bond motifs is 1. The van der Waals surface area contributed by atoms with Crippen molar-refractivity contribution in [2.75, 3.05) is 37.6 Å². The first-order chi connectivity index (χ1) is 14.6. The van der Waals surface area contributed by atoms with Gasteiger partial charge in [-0.3, -0.25) is 9.59 Å². The highest BCUT2D eigenvalue weighted by Gasteiger charge is 2.43. The van der Waals surface area contributed by atoms with Crippen molar-refractivity contribution in [3.05, 3.63) is 65.5 Å². The number of hydrogen-bond donors (Lipinski definition) is 0. The zero-order valence-corrected chi connectivity index (χ0v) is 17.0. The van der Waals surface area contributed by atoms with Crippen LogP contribution in [-0.4, -0.2) is 54.3 Å². The second-order valence-corrected chi connectivity index (χ2v) is 8.42. The number of hydrogen-bond acceptors (Lipinski definition) is 3. The lowest BCUT2D eigenvalue weighted by molar-refractivity contribution is -0.147. The summed E-state index contributed by atoms with van der Waals surface area (Å²) in [5, 5.41) is 0. The number of anilines is 1. The van der Waals surface area contributed by atoms with E-state index in [4.69, 9.17) is 0 Å². The largest absolute Gasteiger partial charge is 0.366 e. The van der Waals surface area contributed by atoms with Crippen molar-refractivity contribution in [1.29, 1.82) is 0 Å². The van der Waals surface area contributed by atoms with Crippen molar-refractivity contribution in [1.82, 2.24) is 9.80 Å². The maximum Gasteiger partial charge on any atom is 0.250 e. The minimum Gasteiger partial charge on any atom is -0.366 e. The van der Waals surface area contributed by atoms with E-state index < -0.39 is 6.04 Å². The molecule has 0 bridgehead atoms. The van der Waals surface area contributed by atoms with Gasteiger partial charge in [-0.1, -0.05) is 36.4 Å². The van der Waals surface area contributed by atoms with Gasteiger partial charge in [0, 0.05) is 38.6 Å². The van der Waals surface area contributed by atoms with Crippen LogP contribution in [0.2, 0.25) is 0 Å². The highest BCUT2D eigenvalue weighted by Crippen LogP contribution is 2.38. The van der Waals surface area contributed by atoms with Crippen LogP contribution < -0.4 is 4.90 Å². The Labute approximate surface area is 176 Å². The summed E-state index contributed by atoms with van der Waals surface area (Å²) in [5.74, 6) is -0.0414. The van der Waals surface area contributed by atoms with Crippen molar-refractivity contribution in [3.8, 4) is 0 Å². The molecule has 30 heavy (non-hydrogen) atoms. The molecule has 2 amide bonds. The molecule has 2 aromatic rings. The van der Waals surface area contributed by atoms with E-state index >= 15 is 0 Å². The van der Waals surface area contributed by atoms with Crippen LogP contribution in [0.4, 0.5) is 10.1 Å². The first-order valence-electron chi connectivity index (χ1n) is 10.8. The molecule has 2 fully saturated rings. The molecule has 0 N–H and O–H groups in total. The van der Waals surface area contributed by atoms with Gasteiger partial charge >= 0.3 is 0 Å². The number of rotatable bonds is 3. The Morgan fingerprint density at radius 3 is 2.27 bits per heavy atom. The third kappa shape index (κ3) is 3.44. The van der Waals surface area contributed by atoms with Crippen molar-refractivity contribution >= 4 is 17.5 Å². The van der Waals surface area contributed by atoms with Crippen molar-refractivity contribution < 1.29 is 14.0 Å². The van der Waals surface area contributed by atoms with Crippen LogP contribution in [0.3, 0.4) is 0 Å². The quantitative estimate of drug-likeness (QED) is 0.786. The minimum atomic E-state index is -0.539. The smallest absolute Gasteiger partial charge is 0.250 e. The number of carbonyl (C=O) groups is 2. The monoisotopic (exact) mass is 407 g/mol. The van der Waals surface area contributed by atoms with Gasteiger partial charge in [0.2, 0.25) is 11.8 Å². The van der Waals surface area contributed by atoms with E-state index in [1.807, 2.05) is 39.0 Å². The second-order valence-electron chi connectivity index (χ2n) is 8.42. The van der Waals surface area contributed by atoms with Crippen LogP contribution in [0.5, 0.6) is 0 Å². The standard InChI is InChI=1S/C24H26FN3O2/c25-20-7-3-4-8-21(20)26-13-15-27(16-14-26)24(30)22-19-6-2-1-5-17(19)11-12-28(22)23(29)18-9-10-18/h1-8,18,22H,9-16H2. The molecule has 1 saturated heterocycles. The highest BCUT2D eigenvalue weighted by molar-refractivity contribution is 5.91. The molecule has 1 atom stereocenters. The number of carbonyl (C=O) groups excluding carboxylic acids is 2. The fraction of sp³-hybridized carbons (Fsp3) is 0.417. The SMILES string of the molecule is O=C(C1c2ccccc2CCN1C(=O)C1CC1)N1CCN(c2ccccc2F)CC1. The lowest BCUT2D eigenvalue weighted by atomic mass is 9.91. The van der Waals surface area contributed by atoms with Gasteiger partial charge < -0.3 is 14.7 Å². The Bertz CT molecular complexity index is 966. The van der Waals surface area contributed by atoms with Gasteiger partial charge in [0.25, 0.3) is 0 Å². The van der Waals surface area contributed by atoms with Crippen molar-refractivity contribution in [2.45, 2.75) is 25.3 Å². The summed E-state index contributed by atoms with van der Waals surface area (Å²) < 4.78 is 14.1. The van der Waals surface area contributed by atoms with E-state index in [-0.39, 0.29) is 23.5 Å². The summed E-state index contributed by atoms with van der Waals surface area (Å²) in [6, 6.07) is 14.2. The Kier molecular flexibility index (Phi) is 4.93. The minimum absolute atomic E-state index is 0.00988. The Morgan fingerprint density at radius 2 is 1.53 bits per heavy atom. The molecule has 1 unspecified atom stereocenters. The molecule has 0 aromatic heterocycles. The summed E-state index contributed by atoms with van der Waals surface area (Å²) in [6.07, 6.45) is 2.65. The van der Waals surface area contributed by atoms with Gasteiger partial charge in [-0.2, -0.15) is 0 Å². The van der Waals surface area contributed by atoms with Crippen LogP contribution in [-0.2, 0) is 16.0 Å². The summed E-state index contributed by atoms with van der Waals surface area (Å²) in [6.45, 7) is 2.81. The van der Waals surface area contributed by atoms with Gasteiger partial charge in [-0.15, -0.1) is 0 Å². The van der Waals surface area contributed by atoms with E-state index in [1.165, 1.54) is 6.07 Å². The fourth-order valence-corrected chi connectivity index (χ4v) is 4.68. The molecule has 156 valence electrons. The molecule has 5 rings (SSSR count). The first-order valence-corrected chi connectivity index (χ1v) is 10.8. The molecular formula is C24H26FN3O2.